The highest BCUT2D eigenvalue weighted by Crippen LogP contribution is 2.23. The molecular formula is C15H19N3O2S. The Morgan fingerprint density at radius 2 is 2.24 bits per heavy atom. The molecule has 0 spiro atoms. The van der Waals surface area contributed by atoms with Gasteiger partial charge >= 0.3 is 0 Å². The van der Waals surface area contributed by atoms with E-state index < -0.39 is 0 Å². The molecule has 6 heteroatoms. The smallest absolute Gasteiger partial charge is 0.269 e. The van der Waals surface area contributed by atoms with E-state index in [1.54, 1.807) is 23.5 Å². The minimum atomic E-state index is -0.384. The summed E-state index contributed by atoms with van der Waals surface area (Å²) in [6, 6.07) is 4.77. The molecule has 0 N–H and O–H groups in total. The Labute approximate surface area is 127 Å². The topological polar surface area (TPSA) is 60.4 Å². The lowest BCUT2D eigenvalue weighted by molar-refractivity contribution is -0.384. The SMILES string of the molecule is CCC(C)Cn1ccsc1=Nc1ccc([N+](=O)[O-])cc1C. The van der Waals surface area contributed by atoms with Crippen LogP contribution in [0, 0.1) is 23.0 Å². The maximum Gasteiger partial charge on any atom is 0.269 e. The predicted octanol–water partition coefficient (Wildman–Crippen LogP) is 4.04. The van der Waals surface area contributed by atoms with E-state index in [9.17, 15) is 10.1 Å². The number of rotatable bonds is 5. The molecule has 5 nitrogen and oxygen atoms in total. The van der Waals surface area contributed by atoms with Crippen molar-refractivity contribution in [1.82, 2.24) is 4.57 Å². The number of hydrogen-bond acceptors (Lipinski definition) is 4. The first-order chi connectivity index (χ1) is 10.0. The zero-order valence-corrected chi connectivity index (χ0v) is 13.3. The second kappa shape index (κ2) is 6.67. The van der Waals surface area contributed by atoms with E-state index in [1.807, 2.05) is 18.5 Å². The summed E-state index contributed by atoms with van der Waals surface area (Å²) in [5.74, 6) is 0.594. The summed E-state index contributed by atoms with van der Waals surface area (Å²) < 4.78 is 2.14. The first-order valence-electron chi connectivity index (χ1n) is 6.95. The number of aryl methyl sites for hydroxylation is 1. The lowest BCUT2D eigenvalue weighted by Gasteiger charge is -2.09. The van der Waals surface area contributed by atoms with Crippen LogP contribution in [0.25, 0.3) is 0 Å². The van der Waals surface area contributed by atoms with Gasteiger partial charge < -0.3 is 4.57 Å². The summed E-state index contributed by atoms with van der Waals surface area (Å²) in [6.07, 6.45) is 3.16. The molecule has 0 fully saturated rings. The van der Waals surface area contributed by atoms with Crippen molar-refractivity contribution in [3.8, 4) is 0 Å². The molecule has 1 heterocycles. The van der Waals surface area contributed by atoms with Crippen LogP contribution in [0.4, 0.5) is 11.4 Å². The maximum atomic E-state index is 10.8. The summed E-state index contributed by atoms with van der Waals surface area (Å²) in [4.78, 5) is 15.9. The molecule has 0 radical (unpaired) electrons. The van der Waals surface area contributed by atoms with Gasteiger partial charge in [0.15, 0.2) is 4.80 Å². The van der Waals surface area contributed by atoms with Gasteiger partial charge in [0.25, 0.3) is 5.69 Å². The fraction of sp³-hybridized carbons (Fsp3) is 0.400. The second-order valence-corrected chi connectivity index (χ2v) is 6.06. The molecule has 0 saturated heterocycles. The Balaban J connectivity index is 2.36. The molecule has 2 rings (SSSR count). The second-order valence-electron chi connectivity index (χ2n) is 5.19. The standard InChI is InChI=1S/C15H19N3O2S/c1-4-11(2)10-17-7-8-21-15(17)16-14-6-5-13(18(19)20)9-12(14)3/h5-9,11H,4,10H2,1-3H3. The van der Waals surface area contributed by atoms with Crippen LogP contribution in [0.2, 0.25) is 0 Å². The average Bonchev–Trinajstić information content (AvgIpc) is 2.87. The molecule has 1 atom stereocenters. The van der Waals surface area contributed by atoms with Crippen LogP contribution in [0.1, 0.15) is 25.8 Å². The van der Waals surface area contributed by atoms with Gasteiger partial charge in [0, 0.05) is 30.3 Å². The molecule has 1 aromatic carbocycles. The third-order valence-electron chi connectivity index (χ3n) is 3.47. The summed E-state index contributed by atoms with van der Waals surface area (Å²) in [6.45, 7) is 7.17. The number of nitrogens with zero attached hydrogens (tertiary/aromatic N) is 3. The van der Waals surface area contributed by atoms with Gasteiger partial charge in [-0.2, -0.15) is 0 Å². The van der Waals surface area contributed by atoms with Crippen molar-refractivity contribution >= 4 is 22.7 Å². The molecule has 21 heavy (non-hydrogen) atoms. The Kier molecular flexibility index (Phi) is 4.90. The molecular weight excluding hydrogens is 286 g/mol. The Morgan fingerprint density at radius 1 is 1.48 bits per heavy atom. The Hall–Kier alpha value is -1.95. The largest absolute Gasteiger partial charge is 0.323 e. The maximum absolute atomic E-state index is 10.8. The third kappa shape index (κ3) is 3.78. The zero-order chi connectivity index (χ0) is 15.4. The predicted molar refractivity (Wildman–Crippen MR) is 84.8 cm³/mol. The highest BCUT2D eigenvalue weighted by atomic mass is 32.1. The highest BCUT2D eigenvalue weighted by Gasteiger charge is 2.08. The van der Waals surface area contributed by atoms with E-state index in [0.29, 0.717) is 5.92 Å². The number of thiazole rings is 1. The van der Waals surface area contributed by atoms with Crippen molar-refractivity contribution in [1.29, 1.82) is 0 Å². The quantitative estimate of drug-likeness (QED) is 0.618. The Morgan fingerprint density at radius 3 is 2.86 bits per heavy atom. The van der Waals surface area contributed by atoms with Crippen LogP contribution in [0.15, 0.2) is 34.8 Å². The fourth-order valence-corrected chi connectivity index (χ4v) is 2.72. The zero-order valence-electron chi connectivity index (χ0n) is 12.4. The monoisotopic (exact) mass is 305 g/mol. The van der Waals surface area contributed by atoms with Crippen molar-refractivity contribution < 1.29 is 4.92 Å². The van der Waals surface area contributed by atoms with Crippen LogP contribution < -0.4 is 4.80 Å². The molecule has 1 unspecified atom stereocenters. The van der Waals surface area contributed by atoms with Crippen LogP contribution in [-0.2, 0) is 6.54 Å². The molecule has 2 aromatic rings. The van der Waals surface area contributed by atoms with E-state index in [4.69, 9.17) is 0 Å². The number of nitro groups is 1. The van der Waals surface area contributed by atoms with Gasteiger partial charge in [-0.3, -0.25) is 10.1 Å². The van der Waals surface area contributed by atoms with Crippen molar-refractivity contribution in [2.24, 2.45) is 10.9 Å². The summed E-state index contributed by atoms with van der Waals surface area (Å²) in [5, 5.41) is 12.8. The van der Waals surface area contributed by atoms with Crippen LogP contribution in [0.5, 0.6) is 0 Å². The first-order valence-corrected chi connectivity index (χ1v) is 7.83. The molecule has 0 amide bonds. The van der Waals surface area contributed by atoms with Gasteiger partial charge in [-0.1, -0.05) is 20.3 Å². The van der Waals surface area contributed by atoms with E-state index in [0.717, 1.165) is 29.0 Å². The van der Waals surface area contributed by atoms with Gasteiger partial charge in [-0.15, -0.1) is 11.3 Å². The normalized spacial score (nSPS) is 13.4. The lowest BCUT2D eigenvalue weighted by Crippen LogP contribution is -2.17. The van der Waals surface area contributed by atoms with E-state index in [1.165, 1.54) is 6.07 Å². The molecule has 0 aliphatic carbocycles. The van der Waals surface area contributed by atoms with E-state index in [2.05, 4.69) is 23.4 Å². The minimum Gasteiger partial charge on any atom is -0.323 e. The van der Waals surface area contributed by atoms with Gasteiger partial charge in [-0.05, 0) is 24.5 Å². The minimum absolute atomic E-state index is 0.102. The molecule has 0 aliphatic heterocycles. The number of benzene rings is 1. The molecule has 0 saturated carbocycles. The summed E-state index contributed by atoms with van der Waals surface area (Å²) >= 11 is 1.58. The molecule has 0 aliphatic rings. The summed E-state index contributed by atoms with van der Waals surface area (Å²) in [7, 11) is 0. The van der Waals surface area contributed by atoms with Gasteiger partial charge in [-0.25, -0.2) is 4.99 Å². The van der Waals surface area contributed by atoms with E-state index in [-0.39, 0.29) is 10.6 Å². The van der Waals surface area contributed by atoms with Gasteiger partial charge in [0.1, 0.15) is 0 Å². The Bertz CT molecular complexity index is 703. The molecule has 1 aromatic heterocycles. The lowest BCUT2D eigenvalue weighted by atomic mass is 10.1. The number of hydrogen-bond donors (Lipinski definition) is 0. The van der Waals surface area contributed by atoms with Crippen molar-refractivity contribution in [3.05, 3.63) is 50.3 Å². The van der Waals surface area contributed by atoms with Crippen molar-refractivity contribution in [2.75, 3.05) is 0 Å². The van der Waals surface area contributed by atoms with E-state index >= 15 is 0 Å². The fourth-order valence-electron chi connectivity index (χ4n) is 1.97. The van der Waals surface area contributed by atoms with Gasteiger partial charge in [0.2, 0.25) is 0 Å². The van der Waals surface area contributed by atoms with Crippen LogP contribution >= 0.6 is 11.3 Å². The number of nitro benzene ring substituents is 1. The van der Waals surface area contributed by atoms with Crippen molar-refractivity contribution in [2.45, 2.75) is 33.7 Å². The van der Waals surface area contributed by atoms with Crippen molar-refractivity contribution in [3.63, 3.8) is 0 Å². The average molecular weight is 305 g/mol. The molecule has 112 valence electrons. The number of aromatic nitrogens is 1. The van der Waals surface area contributed by atoms with Gasteiger partial charge in [0.05, 0.1) is 10.6 Å². The number of non-ortho nitro benzene ring substituents is 1. The highest BCUT2D eigenvalue weighted by molar-refractivity contribution is 7.07. The van der Waals surface area contributed by atoms with Crippen LogP contribution in [0.3, 0.4) is 0 Å². The summed E-state index contributed by atoms with van der Waals surface area (Å²) in [5.41, 5.74) is 1.69. The first kappa shape index (κ1) is 15.4. The third-order valence-corrected chi connectivity index (χ3v) is 4.27. The van der Waals surface area contributed by atoms with Crippen LogP contribution in [-0.4, -0.2) is 9.49 Å². The molecule has 0 bridgehead atoms.